The molecule has 3 rings (SSSR count). The van der Waals surface area contributed by atoms with Gasteiger partial charge in [0.2, 0.25) is 5.91 Å². The van der Waals surface area contributed by atoms with Gasteiger partial charge >= 0.3 is 0 Å². The molecule has 0 radical (unpaired) electrons. The van der Waals surface area contributed by atoms with E-state index in [9.17, 15) is 4.79 Å². The zero-order chi connectivity index (χ0) is 11.7. The molecule has 2 fully saturated rings. The van der Waals surface area contributed by atoms with E-state index in [1.54, 1.807) is 6.20 Å². The van der Waals surface area contributed by atoms with Gasteiger partial charge in [0.1, 0.15) is 11.9 Å². The van der Waals surface area contributed by atoms with Crippen LogP contribution in [0.5, 0.6) is 0 Å². The minimum absolute atomic E-state index is 0.0227. The van der Waals surface area contributed by atoms with E-state index in [2.05, 4.69) is 15.2 Å². The van der Waals surface area contributed by atoms with Crippen molar-refractivity contribution in [1.82, 2.24) is 10.3 Å². The Bertz CT molecular complexity index is 402. The van der Waals surface area contributed by atoms with Gasteiger partial charge in [-0.3, -0.25) is 4.79 Å². The summed E-state index contributed by atoms with van der Waals surface area (Å²) in [7, 11) is 0. The fraction of sp³-hybridized carbons (Fsp3) is 0.538. The highest BCUT2D eigenvalue weighted by Crippen LogP contribution is 2.25. The van der Waals surface area contributed by atoms with Crippen molar-refractivity contribution >= 4 is 11.7 Å². The monoisotopic (exact) mass is 231 g/mol. The molecule has 1 N–H and O–H groups in total. The van der Waals surface area contributed by atoms with Crippen molar-refractivity contribution < 1.29 is 4.79 Å². The Morgan fingerprint density at radius 3 is 2.94 bits per heavy atom. The lowest BCUT2D eigenvalue weighted by Crippen LogP contribution is -2.44. The summed E-state index contributed by atoms with van der Waals surface area (Å²) < 4.78 is 0. The van der Waals surface area contributed by atoms with E-state index < -0.39 is 0 Å². The van der Waals surface area contributed by atoms with E-state index in [4.69, 9.17) is 0 Å². The molecule has 0 unspecified atom stereocenters. The van der Waals surface area contributed by atoms with Gasteiger partial charge in [0.25, 0.3) is 0 Å². The van der Waals surface area contributed by atoms with Gasteiger partial charge in [-0.05, 0) is 37.8 Å². The predicted molar refractivity (Wildman–Crippen MR) is 65.8 cm³/mol. The molecule has 17 heavy (non-hydrogen) atoms. The summed E-state index contributed by atoms with van der Waals surface area (Å²) in [5.41, 5.74) is 0. The molecule has 0 aromatic carbocycles. The molecule has 1 amide bonds. The van der Waals surface area contributed by atoms with Crippen LogP contribution in [0, 0.1) is 0 Å². The van der Waals surface area contributed by atoms with Gasteiger partial charge in [-0.1, -0.05) is 6.07 Å². The SMILES string of the molecule is O=C(NC1CC1)[C@H]1CCCN1c1ccccn1. The van der Waals surface area contributed by atoms with E-state index in [-0.39, 0.29) is 11.9 Å². The first-order valence-corrected chi connectivity index (χ1v) is 6.32. The van der Waals surface area contributed by atoms with Crippen LogP contribution in [0.3, 0.4) is 0 Å². The van der Waals surface area contributed by atoms with Gasteiger partial charge in [0.15, 0.2) is 0 Å². The topological polar surface area (TPSA) is 45.2 Å². The summed E-state index contributed by atoms with van der Waals surface area (Å²) in [5, 5.41) is 3.09. The van der Waals surface area contributed by atoms with Crippen LogP contribution in [-0.4, -0.2) is 29.5 Å². The van der Waals surface area contributed by atoms with Crippen LogP contribution in [-0.2, 0) is 4.79 Å². The number of hydrogen-bond acceptors (Lipinski definition) is 3. The van der Waals surface area contributed by atoms with Gasteiger partial charge in [0, 0.05) is 18.8 Å². The molecule has 1 saturated carbocycles. The molecule has 1 saturated heterocycles. The third kappa shape index (κ3) is 2.25. The van der Waals surface area contributed by atoms with Crippen molar-refractivity contribution in [2.75, 3.05) is 11.4 Å². The Kier molecular flexibility index (Phi) is 2.71. The standard InChI is InChI=1S/C13H17N3O/c17-13(15-10-6-7-10)11-4-3-9-16(11)12-5-1-2-8-14-12/h1-2,5,8,10-11H,3-4,6-7,9H2,(H,15,17)/t11-/m1/s1. The quantitative estimate of drug-likeness (QED) is 0.853. The first-order valence-electron chi connectivity index (χ1n) is 6.32. The second-order valence-corrected chi connectivity index (χ2v) is 4.82. The van der Waals surface area contributed by atoms with Crippen LogP contribution in [0.15, 0.2) is 24.4 Å². The summed E-state index contributed by atoms with van der Waals surface area (Å²) in [4.78, 5) is 18.6. The van der Waals surface area contributed by atoms with Crippen LogP contribution < -0.4 is 10.2 Å². The number of aromatic nitrogens is 1. The van der Waals surface area contributed by atoms with E-state index >= 15 is 0 Å². The summed E-state index contributed by atoms with van der Waals surface area (Å²) in [5.74, 6) is 1.09. The van der Waals surface area contributed by atoms with Crippen LogP contribution >= 0.6 is 0 Å². The fourth-order valence-corrected chi connectivity index (χ4v) is 2.36. The van der Waals surface area contributed by atoms with Crippen LogP contribution in [0.4, 0.5) is 5.82 Å². The molecule has 1 aliphatic heterocycles. The Hall–Kier alpha value is -1.58. The number of amides is 1. The van der Waals surface area contributed by atoms with Crippen molar-refractivity contribution in [3.63, 3.8) is 0 Å². The molecule has 2 aliphatic rings. The Morgan fingerprint density at radius 2 is 2.24 bits per heavy atom. The third-order valence-electron chi connectivity index (χ3n) is 3.42. The van der Waals surface area contributed by atoms with Gasteiger partial charge in [0.05, 0.1) is 0 Å². The molecular formula is C13H17N3O. The average molecular weight is 231 g/mol. The van der Waals surface area contributed by atoms with Crippen molar-refractivity contribution in [2.45, 2.75) is 37.8 Å². The summed E-state index contributed by atoms with van der Waals surface area (Å²) >= 11 is 0. The molecule has 0 spiro atoms. The lowest BCUT2D eigenvalue weighted by Gasteiger charge is -2.24. The molecule has 0 bridgehead atoms. The summed E-state index contributed by atoms with van der Waals surface area (Å²) in [6.07, 6.45) is 6.07. The zero-order valence-corrected chi connectivity index (χ0v) is 9.80. The molecule has 4 heteroatoms. The van der Waals surface area contributed by atoms with E-state index in [0.29, 0.717) is 6.04 Å². The highest BCUT2D eigenvalue weighted by molar-refractivity contribution is 5.86. The number of nitrogens with one attached hydrogen (secondary N) is 1. The second kappa shape index (κ2) is 4.35. The zero-order valence-electron chi connectivity index (χ0n) is 9.80. The maximum atomic E-state index is 12.1. The third-order valence-corrected chi connectivity index (χ3v) is 3.42. The molecule has 1 aromatic heterocycles. The summed E-state index contributed by atoms with van der Waals surface area (Å²) in [6.45, 7) is 0.930. The largest absolute Gasteiger partial charge is 0.352 e. The van der Waals surface area contributed by atoms with Crippen molar-refractivity contribution in [3.8, 4) is 0 Å². The van der Waals surface area contributed by atoms with E-state index in [1.807, 2.05) is 18.2 Å². The number of carbonyl (C=O) groups excluding carboxylic acids is 1. The van der Waals surface area contributed by atoms with Crippen molar-refractivity contribution in [2.24, 2.45) is 0 Å². The number of pyridine rings is 1. The van der Waals surface area contributed by atoms with Crippen LogP contribution in [0.25, 0.3) is 0 Å². The maximum absolute atomic E-state index is 12.1. The minimum Gasteiger partial charge on any atom is -0.352 e. The number of hydrogen-bond donors (Lipinski definition) is 1. The lowest BCUT2D eigenvalue weighted by atomic mass is 10.2. The molecular weight excluding hydrogens is 214 g/mol. The van der Waals surface area contributed by atoms with Crippen molar-refractivity contribution in [3.05, 3.63) is 24.4 Å². The Morgan fingerprint density at radius 1 is 1.35 bits per heavy atom. The number of rotatable bonds is 3. The lowest BCUT2D eigenvalue weighted by molar-refractivity contribution is -0.122. The number of anilines is 1. The van der Waals surface area contributed by atoms with Gasteiger partial charge in [-0.15, -0.1) is 0 Å². The molecule has 90 valence electrons. The number of nitrogens with zero attached hydrogens (tertiary/aromatic N) is 2. The van der Waals surface area contributed by atoms with Gasteiger partial charge in [-0.2, -0.15) is 0 Å². The van der Waals surface area contributed by atoms with Crippen molar-refractivity contribution in [1.29, 1.82) is 0 Å². The van der Waals surface area contributed by atoms with Crippen LogP contribution in [0.2, 0.25) is 0 Å². The second-order valence-electron chi connectivity index (χ2n) is 4.82. The summed E-state index contributed by atoms with van der Waals surface area (Å²) in [6, 6.07) is 6.26. The Labute approximate surface area is 101 Å². The molecule has 1 aliphatic carbocycles. The van der Waals surface area contributed by atoms with Gasteiger partial charge < -0.3 is 10.2 Å². The highest BCUT2D eigenvalue weighted by Gasteiger charge is 2.34. The number of carbonyl (C=O) groups is 1. The van der Waals surface area contributed by atoms with E-state index in [1.165, 1.54) is 0 Å². The van der Waals surface area contributed by atoms with Gasteiger partial charge in [-0.25, -0.2) is 4.98 Å². The Balaban J connectivity index is 1.72. The van der Waals surface area contributed by atoms with E-state index in [0.717, 1.165) is 38.0 Å². The maximum Gasteiger partial charge on any atom is 0.242 e. The highest BCUT2D eigenvalue weighted by atomic mass is 16.2. The average Bonchev–Trinajstić information content (AvgIpc) is 3.04. The predicted octanol–water partition coefficient (Wildman–Crippen LogP) is 1.33. The fourth-order valence-electron chi connectivity index (χ4n) is 2.36. The first-order chi connectivity index (χ1) is 8.34. The first kappa shape index (κ1) is 10.6. The molecule has 2 heterocycles. The molecule has 1 atom stereocenters. The van der Waals surface area contributed by atoms with Crippen LogP contribution in [0.1, 0.15) is 25.7 Å². The molecule has 1 aromatic rings. The smallest absolute Gasteiger partial charge is 0.242 e. The normalized spacial score (nSPS) is 23.8. The minimum atomic E-state index is -0.0227. The molecule has 4 nitrogen and oxygen atoms in total.